The molecule has 3 amide bonds. The number of nitrogens with zero attached hydrogens (tertiary/aromatic N) is 1. The fourth-order valence-corrected chi connectivity index (χ4v) is 3.49. The lowest BCUT2D eigenvalue weighted by Crippen LogP contribution is -3.00. The van der Waals surface area contributed by atoms with Gasteiger partial charge in [-0.25, -0.2) is 0 Å². The summed E-state index contributed by atoms with van der Waals surface area (Å²) < 4.78 is 0. The number of halogens is 1. The van der Waals surface area contributed by atoms with E-state index in [2.05, 4.69) is 16.4 Å². The number of aliphatic hydroxyl groups excluding tert-OH is 1. The van der Waals surface area contributed by atoms with Gasteiger partial charge in [0.05, 0.1) is 11.1 Å². The summed E-state index contributed by atoms with van der Waals surface area (Å²) in [5.41, 5.74) is 3.61. The molecule has 10 N–H and O–H groups in total. The lowest BCUT2D eigenvalue weighted by Gasteiger charge is -2.25. The summed E-state index contributed by atoms with van der Waals surface area (Å²) in [4.78, 5) is 38.8. The molecule has 2 atom stereocenters. The van der Waals surface area contributed by atoms with Crippen LogP contribution in [0.15, 0.2) is 36.4 Å². The Kier molecular flexibility index (Phi) is 13.2. The van der Waals surface area contributed by atoms with Crippen LogP contribution in [0.4, 0.5) is 0 Å². The van der Waals surface area contributed by atoms with Gasteiger partial charge in [-0.1, -0.05) is 12.1 Å². The second-order valence-electron chi connectivity index (χ2n) is 8.59. The molecule has 0 unspecified atom stereocenters. The van der Waals surface area contributed by atoms with Gasteiger partial charge in [-0.05, 0) is 50.5 Å². The molecule has 0 saturated heterocycles. The van der Waals surface area contributed by atoms with Crippen molar-refractivity contribution in [3.63, 3.8) is 0 Å². The minimum atomic E-state index is -0.947. The van der Waals surface area contributed by atoms with Crippen LogP contribution >= 0.6 is 0 Å². The molecule has 0 radical (unpaired) electrons. The number of phenolic OH excluding ortho intramolecular Hbond substituents is 4. The predicted molar refractivity (Wildman–Crippen MR) is 133 cm³/mol. The molecule has 0 aliphatic heterocycles. The number of quaternary nitrogens is 1. The van der Waals surface area contributed by atoms with Crippen molar-refractivity contribution in [1.29, 1.82) is 0 Å². The molecular formula is C25H35ClN4O8. The van der Waals surface area contributed by atoms with E-state index in [1.54, 1.807) is 0 Å². The fraction of sp³-hybridized carbons (Fsp3) is 0.400. The summed E-state index contributed by atoms with van der Waals surface area (Å²) in [6.07, 6.45) is 0.474. The minimum Gasteiger partial charge on any atom is -1.00 e. The van der Waals surface area contributed by atoms with E-state index in [0.717, 1.165) is 0 Å². The average Bonchev–Trinajstić information content (AvgIpc) is 2.87. The Labute approximate surface area is 226 Å². The number of carbonyl (C=O) groups is 3. The van der Waals surface area contributed by atoms with Crippen LogP contribution in [0.1, 0.15) is 46.9 Å². The highest BCUT2D eigenvalue weighted by Crippen LogP contribution is 2.28. The number of para-hydroxylation sites is 2. The van der Waals surface area contributed by atoms with Crippen LogP contribution in [0.5, 0.6) is 23.0 Å². The van der Waals surface area contributed by atoms with Gasteiger partial charge in [0.25, 0.3) is 17.7 Å². The highest BCUT2D eigenvalue weighted by Gasteiger charge is 2.27. The zero-order chi connectivity index (χ0) is 27.5. The molecule has 0 aliphatic carbocycles. The molecular weight excluding hydrogens is 520 g/mol. The van der Waals surface area contributed by atoms with Crippen molar-refractivity contribution < 1.29 is 58.1 Å². The van der Waals surface area contributed by atoms with Crippen molar-refractivity contribution in [2.75, 3.05) is 26.2 Å². The van der Waals surface area contributed by atoms with Gasteiger partial charge >= 0.3 is 0 Å². The Balaban J connectivity index is 0.00000722. The Bertz CT molecular complexity index is 1100. The fourth-order valence-electron chi connectivity index (χ4n) is 3.49. The third kappa shape index (κ3) is 8.98. The number of benzene rings is 2. The number of amides is 3. The summed E-state index contributed by atoms with van der Waals surface area (Å²) in [5.74, 6) is -3.26. The molecule has 2 aromatic carbocycles. The molecule has 2 rings (SSSR count). The summed E-state index contributed by atoms with van der Waals surface area (Å²) >= 11 is 0. The number of aromatic hydroxyl groups is 4. The highest BCUT2D eigenvalue weighted by molar-refractivity contribution is 5.98. The zero-order valence-corrected chi connectivity index (χ0v) is 21.8. The molecule has 0 fully saturated rings. The van der Waals surface area contributed by atoms with Crippen molar-refractivity contribution in [3.8, 4) is 23.0 Å². The first-order valence-electron chi connectivity index (χ1n) is 11.9. The monoisotopic (exact) mass is 554 g/mol. The number of aliphatic hydroxyl groups is 1. The summed E-state index contributed by atoms with van der Waals surface area (Å²) in [6.45, 7) is 2.53. The quantitative estimate of drug-likeness (QED) is 0.0925. The van der Waals surface area contributed by atoms with Gasteiger partial charge in [-0.2, -0.15) is 0 Å². The molecule has 38 heavy (non-hydrogen) atoms. The van der Waals surface area contributed by atoms with Crippen LogP contribution in [0, 0.1) is 0 Å². The molecule has 2 aromatic rings. The first kappa shape index (κ1) is 32.3. The maximum Gasteiger partial charge on any atom is 0.283 e. The van der Waals surface area contributed by atoms with Crippen molar-refractivity contribution in [2.45, 2.75) is 38.3 Å². The second kappa shape index (κ2) is 15.5. The van der Waals surface area contributed by atoms with Crippen LogP contribution < -0.4 is 28.8 Å². The van der Waals surface area contributed by atoms with Crippen molar-refractivity contribution in [2.24, 2.45) is 0 Å². The summed E-state index contributed by atoms with van der Waals surface area (Å²) in [7, 11) is 0. The molecule has 0 bridgehead atoms. The van der Waals surface area contributed by atoms with Crippen LogP contribution in [0.3, 0.4) is 0 Å². The number of hydrogen-bond acceptors (Lipinski definition) is 8. The van der Waals surface area contributed by atoms with Crippen molar-refractivity contribution in [3.05, 3.63) is 47.5 Å². The van der Waals surface area contributed by atoms with Gasteiger partial charge in [0.1, 0.15) is 6.10 Å². The van der Waals surface area contributed by atoms with E-state index >= 15 is 0 Å². The van der Waals surface area contributed by atoms with Gasteiger partial charge in [-0.3, -0.25) is 14.4 Å². The normalized spacial score (nSPS) is 12.1. The maximum atomic E-state index is 12.8. The maximum absolute atomic E-state index is 12.8. The Morgan fingerprint density at radius 3 is 1.74 bits per heavy atom. The first-order chi connectivity index (χ1) is 17.5. The standard InChI is InChI=1S/C25H34N4O8.ClH/c1-15(30)20(26)25(37)29(14-6-12-28-24(36)17-8-5-10-19(32)22(17)34)13-3-2-11-27-23(35)16-7-4-9-18(31)21(16)33;/h4-5,7-10,15,20,30-34H,2-3,6,11-14,26H2,1H3,(H,27,35)(H,28,36);1H/t15-,20+;/m1./s1. The number of unbranched alkanes of at least 4 members (excludes halogenated alkanes) is 1. The zero-order valence-electron chi connectivity index (χ0n) is 21.1. The average molecular weight is 555 g/mol. The van der Waals surface area contributed by atoms with Crippen molar-refractivity contribution in [1.82, 2.24) is 15.5 Å². The van der Waals surface area contributed by atoms with Crippen LogP contribution in [-0.2, 0) is 4.79 Å². The Morgan fingerprint density at radius 2 is 1.26 bits per heavy atom. The lowest BCUT2D eigenvalue weighted by atomic mass is 10.1. The van der Waals surface area contributed by atoms with Crippen LogP contribution in [0.25, 0.3) is 0 Å². The van der Waals surface area contributed by atoms with E-state index < -0.39 is 47.0 Å². The first-order valence-corrected chi connectivity index (χ1v) is 11.9. The van der Waals surface area contributed by atoms with Gasteiger partial charge in [0.15, 0.2) is 29.0 Å². The predicted octanol–water partition coefficient (Wildman–Crippen LogP) is -3.34. The smallest absolute Gasteiger partial charge is 0.283 e. The lowest BCUT2D eigenvalue weighted by molar-refractivity contribution is -0.421. The van der Waals surface area contributed by atoms with E-state index in [-0.39, 0.29) is 49.1 Å². The Morgan fingerprint density at radius 1 is 0.816 bits per heavy atom. The molecule has 0 heterocycles. The number of rotatable bonds is 13. The molecule has 210 valence electrons. The van der Waals surface area contributed by atoms with Crippen molar-refractivity contribution >= 4 is 17.7 Å². The van der Waals surface area contributed by atoms with Gasteiger partial charge in [0, 0.05) is 26.2 Å². The van der Waals surface area contributed by atoms with E-state index in [1.807, 2.05) is 0 Å². The third-order valence-corrected chi connectivity index (χ3v) is 5.76. The summed E-state index contributed by atoms with van der Waals surface area (Å²) in [6, 6.07) is 7.29. The third-order valence-electron chi connectivity index (χ3n) is 5.76. The number of phenols is 4. The Hall–Kier alpha value is -3.74. The van der Waals surface area contributed by atoms with E-state index in [4.69, 9.17) is 0 Å². The van der Waals surface area contributed by atoms with Crippen LogP contribution in [-0.4, -0.2) is 86.5 Å². The number of nitrogens with one attached hydrogen (secondary N) is 2. The van der Waals surface area contributed by atoms with Gasteiger partial charge < -0.3 is 59.2 Å². The molecule has 0 spiro atoms. The number of hydrogen-bond donors (Lipinski definition) is 8. The molecule has 12 nitrogen and oxygen atoms in total. The largest absolute Gasteiger partial charge is 1.00 e. The second-order valence-corrected chi connectivity index (χ2v) is 8.59. The molecule has 0 saturated carbocycles. The van der Waals surface area contributed by atoms with E-state index in [0.29, 0.717) is 25.8 Å². The van der Waals surface area contributed by atoms with Crippen LogP contribution in [0.2, 0.25) is 0 Å². The SMILES string of the molecule is C[C@@H](O)[C@H]([NH3+])C(=O)N(CCCCNC(=O)c1cccc(O)c1O)CCCNC(=O)c1cccc(O)c1O.[Cl-]. The van der Waals surface area contributed by atoms with Gasteiger partial charge in [0.2, 0.25) is 0 Å². The van der Waals surface area contributed by atoms with E-state index in [1.165, 1.54) is 48.2 Å². The van der Waals surface area contributed by atoms with Gasteiger partial charge in [-0.15, -0.1) is 0 Å². The topological polar surface area (TPSA) is 207 Å². The molecule has 0 aromatic heterocycles. The summed E-state index contributed by atoms with van der Waals surface area (Å²) in [5, 5.41) is 53.7. The number of carbonyl (C=O) groups excluding carboxylic acids is 3. The molecule has 13 heteroatoms. The highest BCUT2D eigenvalue weighted by atomic mass is 35.5. The van der Waals surface area contributed by atoms with E-state index in [9.17, 15) is 39.9 Å². The minimum absolute atomic E-state index is 0. The molecule has 0 aliphatic rings.